The minimum Gasteiger partial charge on any atom is -0.480 e. The number of aliphatic carboxylic acids is 1. The summed E-state index contributed by atoms with van der Waals surface area (Å²) in [4.78, 5) is 69.7. The molecular weight excluding hydrogens is 424 g/mol. The second-order valence-electron chi connectivity index (χ2n) is 6.11. The lowest BCUT2D eigenvalue weighted by Crippen LogP contribution is -2.58. The third-order valence-electron chi connectivity index (χ3n) is 3.55. The Morgan fingerprint density at radius 1 is 0.933 bits per heavy atom. The van der Waals surface area contributed by atoms with Crippen LogP contribution >= 0.6 is 12.6 Å². The number of amides is 5. The summed E-state index contributed by atoms with van der Waals surface area (Å²) >= 11 is 3.84. The van der Waals surface area contributed by atoms with E-state index < -0.39 is 79.2 Å². The first-order valence-corrected chi connectivity index (χ1v) is 9.22. The molecule has 0 aliphatic carbocycles. The first-order chi connectivity index (χ1) is 13.9. The van der Waals surface area contributed by atoms with Gasteiger partial charge in [0.15, 0.2) is 0 Å². The molecule has 3 unspecified atom stereocenters. The van der Waals surface area contributed by atoms with E-state index >= 15 is 0 Å². The minimum absolute atomic E-state index is 0.00436. The van der Waals surface area contributed by atoms with E-state index in [1.807, 2.05) is 5.32 Å². The standard InChI is InChI=1S/C15H26N6O8S/c1-6(19-15(29)9(4-22)21-13(27)7(16)5-30)12(26)20-8(2-10(17)23)14(28)18-3-11(24)25/h6-9,22,30H,2-5,16H2,1H3,(H2,17,23)(H,18,28)(H,19,29)(H,20,26)(H,21,27)(H,24,25)/t6?,7-,8?,9?/m0/s1. The summed E-state index contributed by atoms with van der Waals surface area (Å²) in [6.07, 6.45) is -0.616. The number of carboxylic acid groups (broad SMARTS) is 1. The maximum absolute atomic E-state index is 12.2. The Hall–Kier alpha value is -2.91. The molecule has 5 amide bonds. The highest BCUT2D eigenvalue weighted by atomic mass is 32.1. The number of thiol groups is 1. The number of carbonyl (C=O) groups excluding carboxylic acids is 5. The molecule has 0 aromatic heterocycles. The first-order valence-electron chi connectivity index (χ1n) is 8.59. The number of carboxylic acids is 1. The Labute approximate surface area is 176 Å². The number of nitrogens with one attached hydrogen (secondary N) is 4. The average molecular weight is 450 g/mol. The van der Waals surface area contributed by atoms with Gasteiger partial charge >= 0.3 is 5.97 Å². The zero-order chi connectivity index (χ0) is 23.4. The van der Waals surface area contributed by atoms with Gasteiger partial charge in [0.2, 0.25) is 29.5 Å². The van der Waals surface area contributed by atoms with E-state index in [0.29, 0.717) is 0 Å². The SMILES string of the molecule is CC(NC(=O)C(CO)NC(=O)[C@@H](N)CS)C(=O)NC(CC(N)=O)C(=O)NCC(=O)O. The fraction of sp³-hybridized carbons (Fsp3) is 0.600. The van der Waals surface area contributed by atoms with E-state index in [4.69, 9.17) is 16.6 Å². The fourth-order valence-electron chi connectivity index (χ4n) is 1.93. The van der Waals surface area contributed by atoms with Gasteiger partial charge in [0, 0.05) is 5.75 Å². The van der Waals surface area contributed by atoms with Crippen LogP contribution in [0.15, 0.2) is 0 Å². The van der Waals surface area contributed by atoms with Gasteiger partial charge < -0.3 is 42.9 Å². The van der Waals surface area contributed by atoms with Crippen molar-refractivity contribution in [2.45, 2.75) is 37.5 Å². The van der Waals surface area contributed by atoms with Gasteiger partial charge in [-0.3, -0.25) is 28.8 Å². The van der Waals surface area contributed by atoms with Gasteiger partial charge in [-0.15, -0.1) is 0 Å². The van der Waals surface area contributed by atoms with Crippen LogP contribution in [0.1, 0.15) is 13.3 Å². The minimum atomic E-state index is -1.48. The number of aliphatic hydroxyl groups excluding tert-OH is 1. The van der Waals surface area contributed by atoms with Crippen LogP contribution in [0.4, 0.5) is 0 Å². The largest absolute Gasteiger partial charge is 0.480 e. The summed E-state index contributed by atoms with van der Waals surface area (Å²) < 4.78 is 0. The Morgan fingerprint density at radius 2 is 1.50 bits per heavy atom. The Kier molecular flexibility index (Phi) is 12.0. The molecule has 0 aromatic carbocycles. The molecule has 14 nitrogen and oxygen atoms in total. The molecule has 4 atom stereocenters. The third kappa shape index (κ3) is 10.0. The number of hydrogen-bond acceptors (Lipinski definition) is 9. The molecule has 0 aliphatic rings. The fourth-order valence-corrected chi connectivity index (χ4v) is 2.09. The van der Waals surface area contributed by atoms with Crippen molar-refractivity contribution in [2.75, 3.05) is 18.9 Å². The summed E-state index contributed by atoms with van der Waals surface area (Å²) in [5, 5.41) is 26.4. The maximum Gasteiger partial charge on any atom is 0.322 e. The van der Waals surface area contributed by atoms with Crippen LogP contribution in [0.2, 0.25) is 0 Å². The number of aliphatic hydroxyl groups is 1. The van der Waals surface area contributed by atoms with Crippen molar-refractivity contribution >= 4 is 48.1 Å². The van der Waals surface area contributed by atoms with Crippen LogP contribution in [0.25, 0.3) is 0 Å². The number of nitrogens with two attached hydrogens (primary N) is 2. The molecule has 0 saturated heterocycles. The predicted octanol–water partition coefficient (Wildman–Crippen LogP) is -5.21. The van der Waals surface area contributed by atoms with Crippen molar-refractivity contribution in [1.29, 1.82) is 0 Å². The highest BCUT2D eigenvalue weighted by Crippen LogP contribution is 1.96. The first kappa shape index (κ1) is 27.1. The highest BCUT2D eigenvalue weighted by Gasteiger charge is 2.28. The number of carbonyl (C=O) groups is 6. The number of primary amides is 1. The van der Waals surface area contributed by atoms with Gasteiger partial charge in [0.05, 0.1) is 19.1 Å². The van der Waals surface area contributed by atoms with Gasteiger partial charge in [-0.25, -0.2) is 0 Å². The molecule has 0 aliphatic heterocycles. The van der Waals surface area contributed by atoms with Crippen LogP contribution in [0.5, 0.6) is 0 Å². The maximum atomic E-state index is 12.2. The topological polar surface area (TPSA) is 243 Å². The predicted molar refractivity (Wildman–Crippen MR) is 105 cm³/mol. The number of rotatable bonds is 13. The van der Waals surface area contributed by atoms with Crippen molar-refractivity contribution < 1.29 is 39.0 Å². The second kappa shape index (κ2) is 13.3. The summed E-state index contributed by atoms with van der Waals surface area (Å²) in [5.41, 5.74) is 10.5. The molecule has 0 radical (unpaired) electrons. The Morgan fingerprint density at radius 3 is 1.97 bits per heavy atom. The molecule has 170 valence electrons. The lowest BCUT2D eigenvalue weighted by Gasteiger charge is -2.22. The van der Waals surface area contributed by atoms with Crippen LogP contribution in [-0.4, -0.2) is 88.8 Å². The van der Waals surface area contributed by atoms with Crippen molar-refractivity contribution in [3.05, 3.63) is 0 Å². The van der Waals surface area contributed by atoms with Crippen LogP contribution in [0, 0.1) is 0 Å². The lowest BCUT2D eigenvalue weighted by molar-refractivity contribution is -0.138. The van der Waals surface area contributed by atoms with Gasteiger partial charge in [-0.05, 0) is 6.92 Å². The molecule has 10 N–H and O–H groups in total. The van der Waals surface area contributed by atoms with Gasteiger partial charge in [0.25, 0.3) is 0 Å². The Balaban J connectivity index is 4.98. The summed E-state index contributed by atoms with van der Waals surface area (Å²) in [7, 11) is 0. The quantitative estimate of drug-likeness (QED) is 0.122. The Bertz CT molecular complexity index is 676. The summed E-state index contributed by atoms with van der Waals surface area (Å²) in [6, 6.07) is -5.16. The molecule has 15 heteroatoms. The van der Waals surface area contributed by atoms with E-state index in [9.17, 15) is 33.9 Å². The van der Waals surface area contributed by atoms with E-state index in [1.54, 1.807) is 0 Å². The van der Waals surface area contributed by atoms with Crippen LogP contribution in [-0.2, 0) is 28.8 Å². The van der Waals surface area contributed by atoms with Crippen molar-refractivity contribution in [3.8, 4) is 0 Å². The molecule has 0 saturated carbocycles. The normalized spacial score (nSPS) is 14.4. The van der Waals surface area contributed by atoms with Gasteiger partial charge in [-0.1, -0.05) is 0 Å². The molecule has 0 fully saturated rings. The second-order valence-corrected chi connectivity index (χ2v) is 6.47. The number of hydrogen-bond donors (Lipinski definition) is 9. The molecule has 0 bridgehead atoms. The molecule has 0 aromatic rings. The molecular formula is C15H26N6O8S. The summed E-state index contributed by atoms with van der Waals surface area (Å²) in [5.74, 6) is -5.82. The van der Waals surface area contributed by atoms with Gasteiger partial charge in [-0.2, -0.15) is 12.6 Å². The molecule has 0 rings (SSSR count). The molecule has 0 heterocycles. The molecule has 0 spiro atoms. The van der Waals surface area contributed by atoms with E-state index in [0.717, 1.165) is 0 Å². The zero-order valence-corrected chi connectivity index (χ0v) is 17.0. The smallest absolute Gasteiger partial charge is 0.322 e. The lowest BCUT2D eigenvalue weighted by atomic mass is 10.1. The van der Waals surface area contributed by atoms with Gasteiger partial charge in [0.1, 0.15) is 24.7 Å². The van der Waals surface area contributed by atoms with Crippen molar-refractivity contribution in [1.82, 2.24) is 21.3 Å². The van der Waals surface area contributed by atoms with E-state index in [2.05, 4.69) is 28.6 Å². The van der Waals surface area contributed by atoms with Crippen molar-refractivity contribution in [3.63, 3.8) is 0 Å². The monoisotopic (exact) mass is 450 g/mol. The van der Waals surface area contributed by atoms with E-state index in [1.165, 1.54) is 6.92 Å². The van der Waals surface area contributed by atoms with Crippen LogP contribution < -0.4 is 32.7 Å². The van der Waals surface area contributed by atoms with E-state index in [-0.39, 0.29) is 5.75 Å². The molecule has 30 heavy (non-hydrogen) atoms. The highest BCUT2D eigenvalue weighted by molar-refractivity contribution is 7.80. The summed E-state index contributed by atoms with van der Waals surface area (Å²) in [6.45, 7) is -0.297. The average Bonchev–Trinajstić information content (AvgIpc) is 2.67. The third-order valence-corrected chi connectivity index (χ3v) is 3.95. The van der Waals surface area contributed by atoms with Crippen molar-refractivity contribution in [2.24, 2.45) is 11.5 Å². The zero-order valence-electron chi connectivity index (χ0n) is 16.1. The van der Waals surface area contributed by atoms with Crippen LogP contribution in [0.3, 0.4) is 0 Å².